The first-order valence-electron chi connectivity index (χ1n) is 8.36. The quantitative estimate of drug-likeness (QED) is 0.834. The molecule has 0 bridgehead atoms. The number of nitrogens with zero attached hydrogens (tertiary/aromatic N) is 1. The summed E-state index contributed by atoms with van der Waals surface area (Å²) in [4.78, 5) is 2.59. The van der Waals surface area contributed by atoms with Crippen molar-refractivity contribution in [1.82, 2.24) is 10.2 Å². The lowest BCUT2D eigenvalue weighted by Gasteiger charge is -2.33. The van der Waals surface area contributed by atoms with Gasteiger partial charge in [0.15, 0.2) is 0 Å². The second-order valence-corrected chi connectivity index (χ2v) is 6.36. The van der Waals surface area contributed by atoms with Gasteiger partial charge in [-0.2, -0.15) is 0 Å². The lowest BCUT2D eigenvalue weighted by atomic mass is 9.97. The van der Waals surface area contributed by atoms with Gasteiger partial charge >= 0.3 is 0 Å². The van der Waals surface area contributed by atoms with Crippen molar-refractivity contribution < 1.29 is 4.74 Å². The molecule has 21 heavy (non-hydrogen) atoms. The third-order valence-corrected chi connectivity index (χ3v) is 3.99. The molecule has 0 aromatic heterocycles. The molecule has 118 valence electrons. The van der Waals surface area contributed by atoms with Gasteiger partial charge in [0.05, 0.1) is 6.10 Å². The maximum atomic E-state index is 5.70. The van der Waals surface area contributed by atoms with Crippen molar-refractivity contribution in [2.45, 2.75) is 46.3 Å². The van der Waals surface area contributed by atoms with E-state index in [4.69, 9.17) is 4.74 Å². The molecular formula is C18H30N2O. The molecule has 1 saturated heterocycles. The third kappa shape index (κ3) is 5.68. The second-order valence-electron chi connectivity index (χ2n) is 6.36. The van der Waals surface area contributed by atoms with E-state index in [2.05, 4.69) is 55.3 Å². The summed E-state index contributed by atoms with van der Waals surface area (Å²) >= 11 is 0. The van der Waals surface area contributed by atoms with Crippen molar-refractivity contribution in [3.05, 3.63) is 29.8 Å². The van der Waals surface area contributed by atoms with Crippen molar-refractivity contribution in [2.24, 2.45) is 5.92 Å². The zero-order valence-corrected chi connectivity index (χ0v) is 13.8. The van der Waals surface area contributed by atoms with Gasteiger partial charge in [-0.3, -0.25) is 4.90 Å². The number of likely N-dealkylation sites (tertiary alicyclic amines) is 1. The van der Waals surface area contributed by atoms with Gasteiger partial charge in [0.25, 0.3) is 0 Å². The van der Waals surface area contributed by atoms with Crippen LogP contribution in [0.2, 0.25) is 0 Å². The summed E-state index contributed by atoms with van der Waals surface area (Å²) in [6, 6.07) is 8.59. The smallest absolute Gasteiger partial charge is 0.119 e. The van der Waals surface area contributed by atoms with Crippen LogP contribution in [-0.2, 0) is 6.54 Å². The Kier molecular flexibility index (Phi) is 6.52. The molecule has 1 aliphatic heterocycles. The minimum Gasteiger partial charge on any atom is -0.491 e. The summed E-state index contributed by atoms with van der Waals surface area (Å²) < 4.78 is 5.70. The number of ether oxygens (including phenoxy) is 1. The molecule has 1 unspecified atom stereocenters. The fourth-order valence-electron chi connectivity index (χ4n) is 3.01. The predicted molar refractivity (Wildman–Crippen MR) is 88.8 cm³/mol. The molecule has 1 N–H and O–H groups in total. The molecule has 0 aliphatic carbocycles. The number of hydrogen-bond donors (Lipinski definition) is 1. The molecule has 0 radical (unpaired) electrons. The van der Waals surface area contributed by atoms with Crippen LogP contribution in [-0.4, -0.2) is 37.2 Å². The van der Waals surface area contributed by atoms with E-state index < -0.39 is 0 Å². The van der Waals surface area contributed by atoms with Crippen LogP contribution < -0.4 is 10.1 Å². The van der Waals surface area contributed by atoms with Crippen LogP contribution >= 0.6 is 0 Å². The van der Waals surface area contributed by atoms with Crippen LogP contribution in [0.25, 0.3) is 0 Å². The van der Waals surface area contributed by atoms with Gasteiger partial charge in [-0.25, -0.2) is 0 Å². The maximum absolute atomic E-state index is 5.70. The van der Waals surface area contributed by atoms with Crippen molar-refractivity contribution in [2.75, 3.05) is 26.2 Å². The zero-order valence-electron chi connectivity index (χ0n) is 13.8. The molecule has 1 atom stereocenters. The van der Waals surface area contributed by atoms with Crippen LogP contribution in [0.1, 0.15) is 39.2 Å². The molecule has 3 heteroatoms. The van der Waals surface area contributed by atoms with Gasteiger partial charge in [0.1, 0.15) is 5.75 Å². The monoisotopic (exact) mass is 290 g/mol. The Morgan fingerprint density at radius 2 is 2.05 bits per heavy atom. The zero-order chi connectivity index (χ0) is 15.1. The maximum Gasteiger partial charge on any atom is 0.119 e. The van der Waals surface area contributed by atoms with Crippen LogP contribution in [0.15, 0.2) is 24.3 Å². The average Bonchev–Trinajstić information content (AvgIpc) is 2.47. The highest BCUT2D eigenvalue weighted by molar-refractivity contribution is 5.27. The van der Waals surface area contributed by atoms with Crippen molar-refractivity contribution in [3.63, 3.8) is 0 Å². The average molecular weight is 290 g/mol. The molecule has 3 nitrogen and oxygen atoms in total. The topological polar surface area (TPSA) is 24.5 Å². The Bertz CT molecular complexity index is 402. The molecule has 0 saturated carbocycles. The molecule has 1 heterocycles. The van der Waals surface area contributed by atoms with Gasteiger partial charge in [-0.15, -0.1) is 0 Å². The molecule has 1 aromatic carbocycles. The Labute approximate surface area is 129 Å². The predicted octanol–water partition coefficient (Wildman–Crippen LogP) is 3.30. The van der Waals surface area contributed by atoms with Crippen LogP contribution in [0.5, 0.6) is 5.75 Å². The van der Waals surface area contributed by atoms with E-state index in [0.717, 1.165) is 31.3 Å². The number of benzene rings is 1. The van der Waals surface area contributed by atoms with E-state index in [1.54, 1.807) is 0 Å². The molecule has 1 aromatic rings. The Balaban J connectivity index is 1.83. The fraction of sp³-hybridized carbons (Fsp3) is 0.667. The molecular weight excluding hydrogens is 260 g/mol. The van der Waals surface area contributed by atoms with Crippen molar-refractivity contribution in [3.8, 4) is 5.75 Å². The first kappa shape index (κ1) is 16.3. The Hall–Kier alpha value is -1.06. The van der Waals surface area contributed by atoms with Gasteiger partial charge < -0.3 is 10.1 Å². The highest BCUT2D eigenvalue weighted by atomic mass is 16.5. The molecule has 0 spiro atoms. The minimum atomic E-state index is 0.241. The number of nitrogens with one attached hydrogen (secondary N) is 1. The first-order chi connectivity index (χ1) is 10.2. The number of piperidine rings is 1. The van der Waals surface area contributed by atoms with Gasteiger partial charge in [-0.1, -0.05) is 19.1 Å². The summed E-state index contributed by atoms with van der Waals surface area (Å²) in [6.07, 6.45) is 2.93. The van der Waals surface area contributed by atoms with Crippen LogP contribution in [0, 0.1) is 5.92 Å². The summed E-state index contributed by atoms with van der Waals surface area (Å²) in [7, 11) is 0. The minimum absolute atomic E-state index is 0.241. The van der Waals surface area contributed by atoms with E-state index in [1.807, 2.05) is 0 Å². The van der Waals surface area contributed by atoms with E-state index in [9.17, 15) is 0 Å². The molecule has 1 fully saturated rings. The van der Waals surface area contributed by atoms with Gasteiger partial charge in [-0.05, 0) is 69.9 Å². The lowest BCUT2D eigenvalue weighted by molar-refractivity contribution is 0.165. The second kappa shape index (κ2) is 8.40. The summed E-state index contributed by atoms with van der Waals surface area (Å²) in [5.74, 6) is 1.78. The summed E-state index contributed by atoms with van der Waals surface area (Å²) in [5.41, 5.74) is 1.38. The standard InChI is InChI=1S/C18H30N2O/c1-4-19-12-17-6-5-11-20(14-17)13-16-7-9-18(10-8-16)21-15(2)3/h7-10,15,17,19H,4-6,11-14H2,1-3H3. The van der Waals surface area contributed by atoms with Gasteiger partial charge in [0.2, 0.25) is 0 Å². The summed E-state index contributed by atoms with van der Waals surface area (Å²) in [6.45, 7) is 12.1. The number of hydrogen-bond acceptors (Lipinski definition) is 3. The SMILES string of the molecule is CCNCC1CCCN(Cc2ccc(OC(C)C)cc2)C1. The van der Waals surface area contributed by atoms with Crippen LogP contribution in [0.4, 0.5) is 0 Å². The normalized spacial score (nSPS) is 19.9. The summed E-state index contributed by atoms with van der Waals surface area (Å²) in [5, 5.41) is 3.48. The lowest BCUT2D eigenvalue weighted by Crippen LogP contribution is -2.39. The molecule has 1 aliphatic rings. The number of rotatable bonds is 7. The van der Waals surface area contributed by atoms with Crippen molar-refractivity contribution >= 4 is 0 Å². The highest BCUT2D eigenvalue weighted by Gasteiger charge is 2.19. The van der Waals surface area contributed by atoms with E-state index in [0.29, 0.717) is 0 Å². The van der Waals surface area contributed by atoms with E-state index in [-0.39, 0.29) is 6.10 Å². The first-order valence-corrected chi connectivity index (χ1v) is 8.36. The third-order valence-electron chi connectivity index (χ3n) is 3.99. The van der Waals surface area contributed by atoms with Crippen molar-refractivity contribution in [1.29, 1.82) is 0 Å². The largest absolute Gasteiger partial charge is 0.491 e. The Morgan fingerprint density at radius 3 is 2.71 bits per heavy atom. The van der Waals surface area contributed by atoms with E-state index in [1.165, 1.54) is 31.5 Å². The van der Waals surface area contributed by atoms with Crippen LogP contribution in [0.3, 0.4) is 0 Å². The van der Waals surface area contributed by atoms with E-state index >= 15 is 0 Å². The van der Waals surface area contributed by atoms with Gasteiger partial charge in [0, 0.05) is 13.1 Å². The molecule has 0 amide bonds. The molecule has 2 rings (SSSR count). The Morgan fingerprint density at radius 1 is 1.29 bits per heavy atom. The highest BCUT2D eigenvalue weighted by Crippen LogP contribution is 2.20. The fourth-order valence-corrected chi connectivity index (χ4v) is 3.01.